The Balaban J connectivity index is 1.75. The van der Waals surface area contributed by atoms with Crippen LogP contribution in [0.4, 0.5) is 5.13 Å². The smallest absolute Gasteiger partial charge is 0.350 e. The van der Waals surface area contributed by atoms with E-state index in [4.69, 9.17) is 21.1 Å². The fraction of sp³-hybridized carbons (Fsp3) is 0.550. The molecule has 174 valence electrons. The summed E-state index contributed by atoms with van der Waals surface area (Å²) in [7, 11) is 1.26. The molecular weight excluding hydrogens is 458 g/mol. The third-order valence-electron chi connectivity index (χ3n) is 5.14. The van der Waals surface area contributed by atoms with Crippen LogP contribution in [0.1, 0.15) is 63.7 Å². The topological polar surface area (TPSA) is 127 Å². The number of ketones is 1. The van der Waals surface area contributed by atoms with Gasteiger partial charge in [0.05, 0.1) is 24.9 Å². The quantitative estimate of drug-likeness (QED) is 0.433. The summed E-state index contributed by atoms with van der Waals surface area (Å²) >= 11 is 7.16. The first-order valence-electron chi connectivity index (χ1n) is 10.3. The largest absolute Gasteiger partial charge is 0.465 e. The van der Waals surface area contributed by atoms with Crippen LogP contribution in [0.25, 0.3) is 0 Å². The Morgan fingerprint density at radius 3 is 2.66 bits per heavy atom. The minimum atomic E-state index is -0.592. The number of nitrogens with one attached hydrogen (secondary N) is 2. The van der Waals surface area contributed by atoms with E-state index in [1.165, 1.54) is 14.0 Å². The van der Waals surface area contributed by atoms with Crippen LogP contribution >= 0.6 is 22.9 Å². The van der Waals surface area contributed by atoms with Crippen LogP contribution in [0.2, 0.25) is 5.15 Å². The zero-order chi connectivity index (χ0) is 23.4. The molecule has 3 heterocycles. The number of esters is 1. The average molecular weight is 484 g/mol. The molecule has 2 N–H and O–H groups in total. The molecule has 1 aliphatic heterocycles. The second kappa shape index (κ2) is 10.4. The summed E-state index contributed by atoms with van der Waals surface area (Å²) in [5.74, 6) is -1.08. The molecule has 0 spiro atoms. The lowest BCUT2D eigenvalue weighted by atomic mass is 10.0. The van der Waals surface area contributed by atoms with E-state index >= 15 is 0 Å². The molecule has 0 radical (unpaired) electrons. The molecule has 2 unspecified atom stereocenters. The maximum atomic E-state index is 12.7. The Morgan fingerprint density at radius 1 is 1.31 bits per heavy atom. The summed E-state index contributed by atoms with van der Waals surface area (Å²) in [4.78, 5) is 50.2. The van der Waals surface area contributed by atoms with Gasteiger partial charge >= 0.3 is 5.97 Å². The van der Waals surface area contributed by atoms with Gasteiger partial charge in [-0.15, -0.1) is 0 Å². The number of H-pyrrole nitrogens is 1. The van der Waals surface area contributed by atoms with Crippen molar-refractivity contribution in [1.29, 1.82) is 0 Å². The summed E-state index contributed by atoms with van der Waals surface area (Å²) in [6, 6.07) is -0.250. The summed E-state index contributed by atoms with van der Waals surface area (Å²) < 4.78 is 10.7. The van der Waals surface area contributed by atoms with Crippen molar-refractivity contribution in [3.05, 3.63) is 27.2 Å². The number of nitrogens with zero attached hydrogens (tertiary/aromatic N) is 3. The molecule has 32 heavy (non-hydrogen) atoms. The number of aryl methyl sites for hydroxylation is 1. The normalized spacial score (nSPS) is 18.5. The van der Waals surface area contributed by atoms with Gasteiger partial charge in [0.2, 0.25) is 0 Å². The number of halogens is 1. The van der Waals surface area contributed by atoms with Crippen molar-refractivity contribution in [1.82, 2.24) is 20.3 Å². The second-order valence-corrected chi connectivity index (χ2v) is 8.57. The van der Waals surface area contributed by atoms with Crippen molar-refractivity contribution in [2.45, 2.75) is 45.8 Å². The van der Waals surface area contributed by atoms with Crippen LogP contribution in [-0.4, -0.2) is 71.6 Å². The number of aromatic amines is 1. The average Bonchev–Trinajstić information content (AvgIpc) is 3.38. The molecule has 3 rings (SSSR count). The number of amides is 1. The minimum Gasteiger partial charge on any atom is -0.465 e. The number of thiazole rings is 1. The van der Waals surface area contributed by atoms with Gasteiger partial charge < -0.3 is 24.7 Å². The fourth-order valence-electron chi connectivity index (χ4n) is 3.52. The van der Waals surface area contributed by atoms with Crippen molar-refractivity contribution >= 4 is 45.7 Å². The van der Waals surface area contributed by atoms with E-state index in [1.54, 1.807) is 0 Å². The van der Waals surface area contributed by atoms with Crippen LogP contribution < -0.4 is 10.2 Å². The number of methoxy groups -OCH3 is 1. The van der Waals surface area contributed by atoms with E-state index < -0.39 is 5.97 Å². The molecule has 0 aromatic carbocycles. The number of ether oxygens (including phenoxy) is 2. The number of carbonyl (C=O) groups excluding carboxylic acids is 3. The van der Waals surface area contributed by atoms with Gasteiger partial charge in [0.1, 0.15) is 10.6 Å². The predicted octanol–water partition coefficient (Wildman–Crippen LogP) is 2.49. The van der Waals surface area contributed by atoms with Crippen LogP contribution in [0.5, 0.6) is 0 Å². The van der Waals surface area contributed by atoms with E-state index in [0.29, 0.717) is 48.5 Å². The SMILES string of the molecule is CCOC1CN(c2nc(C(C)=O)c(C(=O)OC)s2)CCC1NC(=O)c1nc(Cl)c(CC)[nH]1. The molecule has 1 aliphatic rings. The molecule has 2 aromatic rings. The van der Waals surface area contributed by atoms with Gasteiger partial charge in [-0.25, -0.2) is 14.8 Å². The lowest BCUT2D eigenvalue weighted by Gasteiger charge is -2.38. The van der Waals surface area contributed by atoms with Gasteiger partial charge in [-0.3, -0.25) is 9.59 Å². The van der Waals surface area contributed by atoms with E-state index in [-0.39, 0.29) is 40.2 Å². The van der Waals surface area contributed by atoms with Gasteiger partial charge in [0, 0.05) is 26.6 Å². The standard InChI is InChI=1S/C20H26ClN5O5S/c1-5-11-16(21)25-17(22-11)18(28)23-12-7-8-26(9-13(12)31-6-2)20-24-14(10(3)27)15(32-20)19(29)30-4/h12-13H,5-9H2,1-4H3,(H,22,25)(H,23,28). The monoisotopic (exact) mass is 483 g/mol. The highest BCUT2D eigenvalue weighted by molar-refractivity contribution is 7.17. The molecule has 2 aromatic heterocycles. The van der Waals surface area contributed by atoms with Gasteiger partial charge in [0.25, 0.3) is 5.91 Å². The molecule has 12 heteroatoms. The summed E-state index contributed by atoms with van der Waals surface area (Å²) in [5, 5.41) is 3.81. The van der Waals surface area contributed by atoms with Crippen molar-refractivity contribution in [3.63, 3.8) is 0 Å². The zero-order valence-electron chi connectivity index (χ0n) is 18.4. The van der Waals surface area contributed by atoms with Crippen molar-refractivity contribution in [3.8, 4) is 0 Å². The number of aromatic nitrogens is 3. The molecule has 2 atom stereocenters. The van der Waals surface area contributed by atoms with Gasteiger partial charge in [0.15, 0.2) is 21.9 Å². The van der Waals surface area contributed by atoms with E-state index in [1.807, 2.05) is 18.7 Å². The first-order valence-corrected chi connectivity index (χ1v) is 11.5. The molecule has 1 fully saturated rings. The summed E-state index contributed by atoms with van der Waals surface area (Å²) in [5.41, 5.74) is 0.807. The van der Waals surface area contributed by atoms with Gasteiger partial charge in [-0.2, -0.15) is 0 Å². The summed E-state index contributed by atoms with van der Waals surface area (Å²) in [6.07, 6.45) is 0.900. The van der Waals surface area contributed by atoms with E-state index in [0.717, 1.165) is 11.3 Å². The number of anilines is 1. The van der Waals surface area contributed by atoms with Crippen LogP contribution in [-0.2, 0) is 15.9 Å². The highest BCUT2D eigenvalue weighted by Crippen LogP contribution is 2.30. The molecular formula is C20H26ClN5O5S. The van der Waals surface area contributed by atoms with Crippen molar-refractivity contribution < 1.29 is 23.9 Å². The van der Waals surface area contributed by atoms with Crippen LogP contribution in [0, 0.1) is 0 Å². The molecule has 0 aliphatic carbocycles. The fourth-order valence-corrected chi connectivity index (χ4v) is 4.85. The highest BCUT2D eigenvalue weighted by atomic mass is 35.5. The first-order chi connectivity index (χ1) is 15.3. The number of rotatable bonds is 8. The Bertz CT molecular complexity index is 1010. The summed E-state index contributed by atoms with van der Waals surface area (Å²) in [6.45, 7) is 6.61. The Labute approximate surface area is 194 Å². The number of Topliss-reactive ketones (excluding diaryl/α,β-unsaturated/α-hetero) is 1. The number of hydrogen-bond acceptors (Lipinski definition) is 9. The molecule has 0 bridgehead atoms. The Hall–Kier alpha value is -2.50. The molecule has 1 saturated heterocycles. The van der Waals surface area contributed by atoms with Gasteiger partial charge in [-0.1, -0.05) is 29.9 Å². The zero-order valence-corrected chi connectivity index (χ0v) is 19.9. The first kappa shape index (κ1) is 24.1. The molecule has 1 amide bonds. The lowest BCUT2D eigenvalue weighted by molar-refractivity contribution is 0.0271. The number of piperidine rings is 1. The predicted molar refractivity (Wildman–Crippen MR) is 120 cm³/mol. The molecule has 10 nitrogen and oxygen atoms in total. The van der Waals surface area contributed by atoms with Crippen LogP contribution in [0.15, 0.2) is 0 Å². The van der Waals surface area contributed by atoms with Crippen molar-refractivity contribution in [2.75, 3.05) is 31.7 Å². The lowest BCUT2D eigenvalue weighted by Crippen LogP contribution is -2.55. The molecule has 0 saturated carbocycles. The third kappa shape index (κ3) is 5.11. The van der Waals surface area contributed by atoms with Crippen LogP contribution in [0.3, 0.4) is 0 Å². The Kier molecular flexibility index (Phi) is 7.86. The number of hydrogen-bond donors (Lipinski definition) is 2. The maximum absolute atomic E-state index is 12.7. The van der Waals surface area contributed by atoms with Gasteiger partial charge in [-0.05, 0) is 19.8 Å². The highest BCUT2D eigenvalue weighted by Gasteiger charge is 2.34. The maximum Gasteiger partial charge on any atom is 0.350 e. The third-order valence-corrected chi connectivity index (χ3v) is 6.55. The second-order valence-electron chi connectivity index (χ2n) is 7.24. The number of imidazole rings is 1. The van der Waals surface area contributed by atoms with Crippen molar-refractivity contribution in [2.24, 2.45) is 0 Å². The Morgan fingerprint density at radius 2 is 2.06 bits per heavy atom. The van der Waals surface area contributed by atoms with E-state index in [9.17, 15) is 14.4 Å². The number of carbonyl (C=O) groups is 3. The van der Waals surface area contributed by atoms with E-state index in [2.05, 4.69) is 20.3 Å². The minimum absolute atomic E-state index is 0.0988.